The van der Waals surface area contributed by atoms with Crippen molar-refractivity contribution in [1.82, 2.24) is 9.97 Å². The van der Waals surface area contributed by atoms with E-state index in [1.807, 2.05) is 0 Å². The predicted molar refractivity (Wildman–Crippen MR) is 65.2 cm³/mol. The molecule has 2 aromatic rings. The molecule has 0 amide bonds. The molecule has 1 heterocycles. The van der Waals surface area contributed by atoms with Gasteiger partial charge in [0.2, 0.25) is 0 Å². The van der Waals surface area contributed by atoms with Crippen molar-refractivity contribution < 1.29 is 13.2 Å². The second kappa shape index (κ2) is 5.36. The van der Waals surface area contributed by atoms with Crippen LogP contribution >= 0.6 is 0 Å². The summed E-state index contributed by atoms with van der Waals surface area (Å²) in [4.78, 5) is 8.19. The number of nitrogens with zero attached hydrogens (tertiary/aromatic N) is 2. The zero-order chi connectivity index (χ0) is 13.9. The molecule has 1 aromatic heterocycles. The fraction of sp³-hybridized carbons (Fsp3) is 0.231. The van der Waals surface area contributed by atoms with Gasteiger partial charge in [-0.3, -0.25) is 0 Å². The van der Waals surface area contributed by atoms with Crippen LogP contribution in [-0.2, 0) is 12.6 Å². The van der Waals surface area contributed by atoms with E-state index in [2.05, 4.69) is 9.97 Å². The number of alkyl halides is 3. The summed E-state index contributed by atoms with van der Waals surface area (Å²) in [5, 5.41) is 0. The van der Waals surface area contributed by atoms with E-state index in [1.165, 1.54) is 12.3 Å². The third kappa shape index (κ3) is 3.29. The van der Waals surface area contributed by atoms with Gasteiger partial charge in [0.1, 0.15) is 0 Å². The number of halogens is 3. The van der Waals surface area contributed by atoms with Crippen LogP contribution in [0.1, 0.15) is 11.3 Å². The molecule has 0 fully saturated rings. The van der Waals surface area contributed by atoms with Crippen LogP contribution in [0.3, 0.4) is 0 Å². The minimum Gasteiger partial charge on any atom is -0.330 e. The lowest BCUT2D eigenvalue weighted by atomic mass is 10.1. The van der Waals surface area contributed by atoms with E-state index in [1.54, 1.807) is 12.1 Å². The highest BCUT2D eigenvalue weighted by Crippen LogP contribution is 2.31. The van der Waals surface area contributed by atoms with Gasteiger partial charge >= 0.3 is 6.18 Å². The fourth-order valence-corrected chi connectivity index (χ4v) is 1.66. The van der Waals surface area contributed by atoms with Gasteiger partial charge in [0.15, 0.2) is 5.82 Å². The normalized spacial score (nSPS) is 11.6. The van der Waals surface area contributed by atoms with E-state index < -0.39 is 11.7 Å². The van der Waals surface area contributed by atoms with Gasteiger partial charge in [-0.05, 0) is 24.7 Å². The van der Waals surface area contributed by atoms with Crippen molar-refractivity contribution in [3.05, 3.63) is 47.8 Å². The molecule has 0 atom stereocenters. The highest BCUT2D eigenvalue weighted by atomic mass is 19.4. The minimum absolute atomic E-state index is 0.275. The van der Waals surface area contributed by atoms with Gasteiger partial charge in [-0.15, -0.1) is 0 Å². The van der Waals surface area contributed by atoms with E-state index in [0.29, 0.717) is 24.2 Å². The predicted octanol–water partition coefficient (Wildman–Crippen LogP) is 2.66. The summed E-state index contributed by atoms with van der Waals surface area (Å²) in [5.74, 6) is 0.275. The molecule has 2 rings (SSSR count). The molecule has 2 N–H and O–H groups in total. The molecule has 0 unspecified atom stereocenters. The zero-order valence-electron chi connectivity index (χ0n) is 9.98. The summed E-state index contributed by atoms with van der Waals surface area (Å²) in [5.41, 5.74) is 5.77. The SMILES string of the molecule is NCCc1ccnc(-c2cccc(C(F)(F)F)c2)n1. The molecule has 0 saturated carbocycles. The average Bonchev–Trinajstić information content (AvgIpc) is 2.39. The Labute approximate surface area is 108 Å². The second-order valence-electron chi connectivity index (χ2n) is 3.99. The van der Waals surface area contributed by atoms with Crippen molar-refractivity contribution in [2.75, 3.05) is 6.54 Å². The van der Waals surface area contributed by atoms with Crippen LogP contribution in [0.5, 0.6) is 0 Å². The van der Waals surface area contributed by atoms with Gasteiger partial charge in [0.25, 0.3) is 0 Å². The van der Waals surface area contributed by atoms with Crippen molar-refractivity contribution in [3.63, 3.8) is 0 Å². The summed E-state index contributed by atoms with van der Waals surface area (Å²) in [6.45, 7) is 0.430. The number of hydrogen-bond donors (Lipinski definition) is 1. The van der Waals surface area contributed by atoms with E-state index in [4.69, 9.17) is 5.73 Å². The van der Waals surface area contributed by atoms with Gasteiger partial charge in [-0.25, -0.2) is 9.97 Å². The third-order valence-electron chi connectivity index (χ3n) is 2.56. The summed E-state index contributed by atoms with van der Waals surface area (Å²) in [6.07, 6.45) is -2.28. The molecule has 0 spiro atoms. The average molecular weight is 267 g/mol. The summed E-state index contributed by atoms with van der Waals surface area (Å²) >= 11 is 0. The minimum atomic E-state index is -4.37. The molecule has 100 valence electrons. The van der Waals surface area contributed by atoms with Gasteiger partial charge in [0, 0.05) is 23.9 Å². The first-order valence-electron chi connectivity index (χ1n) is 5.70. The molecular weight excluding hydrogens is 255 g/mol. The highest BCUT2D eigenvalue weighted by molar-refractivity contribution is 5.56. The number of rotatable bonds is 3. The van der Waals surface area contributed by atoms with E-state index in [9.17, 15) is 13.2 Å². The molecule has 0 aliphatic rings. The Bertz CT molecular complexity index is 567. The fourth-order valence-electron chi connectivity index (χ4n) is 1.66. The van der Waals surface area contributed by atoms with E-state index >= 15 is 0 Å². The summed E-state index contributed by atoms with van der Waals surface area (Å²) in [7, 11) is 0. The van der Waals surface area contributed by atoms with Gasteiger partial charge in [-0.2, -0.15) is 13.2 Å². The van der Waals surface area contributed by atoms with Crippen molar-refractivity contribution >= 4 is 0 Å². The Morgan fingerprint density at radius 2 is 1.95 bits per heavy atom. The first kappa shape index (κ1) is 13.5. The summed E-state index contributed by atoms with van der Waals surface area (Å²) < 4.78 is 37.9. The van der Waals surface area contributed by atoms with E-state index in [0.717, 1.165) is 12.1 Å². The largest absolute Gasteiger partial charge is 0.416 e. The maximum atomic E-state index is 12.6. The Kier molecular flexibility index (Phi) is 3.80. The maximum absolute atomic E-state index is 12.6. The van der Waals surface area contributed by atoms with Gasteiger partial charge < -0.3 is 5.73 Å². The number of aromatic nitrogens is 2. The Morgan fingerprint density at radius 1 is 1.16 bits per heavy atom. The Morgan fingerprint density at radius 3 is 2.63 bits per heavy atom. The van der Waals surface area contributed by atoms with Crippen LogP contribution in [0.25, 0.3) is 11.4 Å². The quantitative estimate of drug-likeness (QED) is 0.930. The first-order valence-corrected chi connectivity index (χ1v) is 5.70. The second-order valence-corrected chi connectivity index (χ2v) is 3.99. The molecule has 0 radical (unpaired) electrons. The maximum Gasteiger partial charge on any atom is 0.416 e. The molecule has 19 heavy (non-hydrogen) atoms. The first-order chi connectivity index (χ1) is 9.00. The van der Waals surface area contributed by atoms with Crippen LogP contribution in [0.4, 0.5) is 13.2 Å². The standard InChI is InChI=1S/C13H12F3N3/c14-13(15,16)10-3-1-2-9(8-10)12-18-7-5-11(19-12)4-6-17/h1-3,5,7-8H,4,6,17H2. The Balaban J connectivity index is 2.39. The molecule has 3 nitrogen and oxygen atoms in total. The monoisotopic (exact) mass is 267 g/mol. The zero-order valence-corrected chi connectivity index (χ0v) is 9.98. The van der Waals surface area contributed by atoms with Crippen LogP contribution in [0.2, 0.25) is 0 Å². The van der Waals surface area contributed by atoms with Crippen molar-refractivity contribution in [1.29, 1.82) is 0 Å². The topological polar surface area (TPSA) is 51.8 Å². The molecule has 1 aromatic carbocycles. The van der Waals surface area contributed by atoms with Crippen molar-refractivity contribution in [3.8, 4) is 11.4 Å². The van der Waals surface area contributed by atoms with Gasteiger partial charge in [0.05, 0.1) is 5.56 Å². The number of benzene rings is 1. The van der Waals surface area contributed by atoms with Crippen LogP contribution in [-0.4, -0.2) is 16.5 Å². The van der Waals surface area contributed by atoms with Crippen LogP contribution < -0.4 is 5.73 Å². The van der Waals surface area contributed by atoms with E-state index in [-0.39, 0.29) is 5.82 Å². The summed E-state index contributed by atoms with van der Waals surface area (Å²) in [6, 6.07) is 6.66. The highest BCUT2D eigenvalue weighted by Gasteiger charge is 2.30. The Hall–Kier alpha value is -1.95. The smallest absolute Gasteiger partial charge is 0.330 e. The molecular formula is C13H12F3N3. The molecule has 0 aliphatic carbocycles. The lowest BCUT2D eigenvalue weighted by Crippen LogP contribution is -2.06. The molecule has 6 heteroatoms. The van der Waals surface area contributed by atoms with Crippen molar-refractivity contribution in [2.45, 2.75) is 12.6 Å². The number of hydrogen-bond acceptors (Lipinski definition) is 3. The van der Waals surface area contributed by atoms with Gasteiger partial charge in [-0.1, -0.05) is 12.1 Å². The van der Waals surface area contributed by atoms with Crippen LogP contribution in [0, 0.1) is 0 Å². The molecule has 0 saturated heterocycles. The molecule has 0 aliphatic heterocycles. The lowest BCUT2D eigenvalue weighted by Gasteiger charge is -2.08. The van der Waals surface area contributed by atoms with Crippen LogP contribution in [0.15, 0.2) is 36.5 Å². The molecule has 0 bridgehead atoms. The lowest BCUT2D eigenvalue weighted by molar-refractivity contribution is -0.137. The van der Waals surface area contributed by atoms with Crippen molar-refractivity contribution in [2.24, 2.45) is 5.73 Å². The third-order valence-corrected chi connectivity index (χ3v) is 2.56. The number of nitrogens with two attached hydrogens (primary N) is 1.